The van der Waals surface area contributed by atoms with Crippen LogP contribution >= 0.6 is 0 Å². The van der Waals surface area contributed by atoms with Crippen LogP contribution in [0.3, 0.4) is 0 Å². The average molecular weight is 234 g/mol. The topological polar surface area (TPSA) is 9.23 Å². The average Bonchev–Trinajstić information content (AvgIpc) is 2.33. The van der Waals surface area contributed by atoms with Crippen LogP contribution in [0.2, 0.25) is 0 Å². The van der Waals surface area contributed by atoms with Gasteiger partial charge in [-0.05, 0) is 50.3 Å². The number of ether oxygens (including phenoxy) is 1. The minimum absolute atomic E-state index is 0.209. The van der Waals surface area contributed by atoms with E-state index in [0.29, 0.717) is 5.75 Å². The van der Waals surface area contributed by atoms with Gasteiger partial charge in [-0.15, -0.1) is 0 Å². The molecule has 1 nitrogen and oxygen atoms in total. The molecule has 2 rings (SSSR count). The summed E-state index contributed by atoms with van der Waals surface area (Å²) < 4.78 is 19.6. The van der Waals surface area contributed by atoms with Gasteiger partial charge in [-0.2, -0.15) is 0 Å². The number of hydrogen-bond donors (Lipinski definition) is 0. The van der Waals surface area contributed by atoms with Crippen LogP contribution in [0.4, 0.5) is 4.39 Å². The van der Waals surface area contributed by atoms with E-state index in [1.807, 2.05) is 0 Å². The minimum Gasteiger partial charge on any atom is -0.484 e. The zero-order valence-electron chi connectivity index (χ0n) is 10.3. The Morgan fingerprint density at radius 1 is 1.29 bits per heavy atom. The highest BCUT2D eigenvalue weighted by Crippen LogP contribution is 2.34. The van der Waals surface area contributed by atoms with Crippen LogP contribution in [0, 0.1) is 5.82 Å². The lowest BCUT2D eigenvalue weighted by Crippen LogP contribution is -2.34. The van der Waals surface area contributed by atoms with E-state index in [9.17, 15) is 4.39 Å². The van der Waals surface area contributed by atoms with Gasteiger partial charge in [-0.1, -0.05) is 25.1 Å². The molecule has 1 aromatic carbocycles. The summed E-state index contributed by atoms with van der Waals surface area (Å²) in [6, 6.07) is 4.87. The SMILES string of the molecule is C=Cc1ccc(F)c(OC2(C)CCCCC2)c1. The van der Waals surface area contributed by atoms with Crippen LogP contribution in [0.1, 0.15) is 44.6 Å². The first-order chi connectivity index (χ1) is 8.13. The molecule has 0 unspecified atom stereocenters. The quantitative estimate of drug-likeness (QED) is 0.744. The molecule has 1 aromatic rings. The third kappa shape index (κ3) is 2.87. The van der Waals surface area contributed by atoms with E-state index < -0.39 is 0 Å². The largest absolute Gasteiger partial charge is 0.484 e. The van der Waals surface area contributed by atoms with Gasteiger partial charge in [0, 0.05) is 0 Å². The first-order valence-corrected chi connectivity index (χ1v) is 6.24. The summed E-state index contributed by atoms with van der Waals surface area (Å²) in [6.45, 7) is 5.76. The Kier molecular flexibility index (Phi) is 3.51. The summed E-state index contributed by atoms with van der Waals surface area (Å²) in [7, 11) is 0. The highest BCUT2D eigenvalue weighted by atomic mass is 19.1. The molecule has 1 aliphatic rings. The summed E-state index contributed by atoms with van der Waals surface area (Å²) >= 11 is 0. The molecular weight excluding hydrogens is 215 g/mol. The van der Waals surface area contributed by atoms with Crippen molar-refractivity contribution in [3.8, 4) is 5.75 Å². The van der Waals surface area contributed by atoms with Crippen molar-refractivity contribution in [2.24, 2.45) is 0 Å². The zero-order valence-corrected chi connectivity index (χ0v) is 10.3. The molecule has 0 bridgehead atoms. The minimum atomic E-state index is -0.289. The first-order valence-electron chi connectivity index (χ1n) is 6.24. The molecule has 0 N–H and O–H groups in total. The second-order valence-electron chi connectivity index (χ2n) is 5.01. The zero-order chi connectivity index (χ0) is 12.3. The lowest BCUT2D eigenvalue weighted by Gasteiger charge is -2.34. The van der Waals surface area contributed by atoms with Crippen LogP contribution in [0.25, 0.3) is 6.08 Å². The Labute approximate surface area is 102 Å². The van der Waals surface area contributed by atoms with Crippen LogP contribution in [0.15, 0.2) is 24.8 Å². The normalized spacial score (nSPS) is 18.7. The Morgan fingerprint density at radius 3 is 2.65 bits per heavy atom. The van der Waals surface area contributed by atoms with Gasteiger partial charge >= 0.3 is 0 Å². The summed E-state index contributed by atoms with van der Waals surface area (Å²) in [5.74, 6) is 0.0641. The maximum Gasteiger partial charge on any atom is 0.165 e. The van der Waals surface area contributed by atoms with Gasteiger partial charge < -0.3 is 4.74 Å². The lowest BCUT2D eigenvalue weighted by atomic mass is 9.86. The summed E-state index contributed by atoms with van der Waals surface area (Å²) in [4.78, 5) is 0. The van der Waals surface area contributed by atoms with Crippen molar-refractivity contribution >= 4 is 6.08 Å². The molecule has 0 heterocycles. The molecule has 0 spiro atoms. The second kappa shape index (κ2) is 4.91. The van der Waals surface area contributed by atoms with Gasteiger partial charge in [0.2, 0.25) is 0 Å². The fourth-order valence-corrected chi connectivity index (χ4v) is 2.39. The van der Waals surface area contributed by atoms with Gasteiger partial charge in [0.1, 0.15) is 5.60 Å². The Morgan fingerprint density at radius 2 is 2.00 bits per heavy atom. The molecule has 1 aliphatic carbocycles. The van der Waals surface area contributed by atoms with Crippen molar-refractivity contribution in [2.75, 3.05) is 0 Å². The van der Waals surface area contributed by atoms with E-state index in [1.54, 1.807) is 18.2 Å². The maximum absolute atomic E-state index is 13.7. The van der Waals surface area contributed by atoms with Crippen LogP contribution in [0.5, 0.6) is 5.75 Å². The maximum atomic E-state index is 13.7. The third-order valence-electron chi connectivity index (χ3n) is 3.46. The molecule has 17 heavy (non-hydrogen) atoms. The van der Waals surface area contributed by atoms with Crippen molar-refractivity contribution in [2.45, 2.75) is 44.6 Å². The molecule has 92 valence electrons. The van der Waals surface area contributed by atoms with Gasteiger partial charge in [-0.25, -0.2) is 4.39 Å². The monoisotopic (exact) mass is 234 g/mol. The smallest absolute Gasteiger partial charge is 0.165 e. The van der Waals surface area contributed by atoms with E-state index in [-0.39, 0.29) is 11.4 Å². The van der Waals surface area contributed by atoms with E-state index in [0.717, 1.165) is 18.4 Å². The van der Waals surface area contributed by atoms with Crippen LogP contribution in [-0.2, 0) is 0 Å². The van der Waals surface area contributed by atoms with Crippen LogP contribution < -0.4 is 4.74 Å². The molecule has 0 atom stereocenters. The van der Waals surface area contributed by atoms with Gasteiger partial charge in [-0.3, -0.25) is 0 Å². The summed E-state index contributed by atoms with van der Waals surface area (Å²) in [5.41, 5.74) is 0.680. The highest BCUT2D eigenvalue weighted by molar-refractivity contribution is 5.50. The van der Waals surface area contributed by atoms with Crippen molar-refractivity contribution in [3.63, 3.8) is 0 Å². The Balaban J connectivity index is 2.19. The predicted octanol–water partition coefficient (Wildman–Crippen LogP) is 4.57. The van der Waals surface area contributed by atoms with Gasteiger partial charge in [0.15, 0.2) is 11.6 Å². The summed E-state index contributed by atoms with van der Waals surface area (Å²) in [6.07, 6.45) is 7.30. The van der Waals surface area contributed by atoms with Crippen molar-refractivity contribution < 1.29 is 9.13 Å². The molecule has 0 saturated heterocycles. The molecule has 0 aromatic heterocycles. The lowest BCUT2D eigenvalue weighted by molar-refractivity contribution is 0.0447. The summed E-state index contributed by atoms with van der Waals surface area (Å²) in [5, 5.41) is 0. The van der Waals surface area contributed by atoms with Crippen molar-refractivity contribution in [1.29, 1.82) is 0 Å². The molecule has 0 amide bonds. The number of halogens is 1. The Hall–Kier alpha value is -1.31. The molecule has 1 fully saturated rings. The fraction of sp³-hybridized carbons (Fsp3) is 0.467. The number of benzene rings is 1. The van der Waals surface area contributed by atoms with E-state index in [1.165, 1.54) is 25.3 Å². The Bertz CT molecular complexity index is 405. The highest BCUT2D eigenvalue weighted by Gasteiger charge is 2.29. The fourth-order valence-electron chi connectivity index (χ4n) is 2.39. The molecule has 0 radical (unpaired) electrons. The standard InChI is InChI=1S/C15H19FO/c1-3-12-7-8-13(16)14(11-12)17-15(2)9-5-4-6-10-15/h3,7-8,11H,1,4-6,9-10H2,2H3. The van der Waals surface area contributed by atoms with Crippen LogP contribution in [-0.4, -0.2) is 5.60 Å². The van der Waals surface area contributed by atoms with Gasteiger partial charge in [0.25, 0.3) is 0 Å². The van der Waals surface area contributed by atoms with E-state index in [2.05, 4.69) is 13.5 Å². The molecule has 1 saturated carbocycles. The predicted molar refractivity (Wildman–Crippen MR) is 68.6 cm³/mol. The number of hydrogen-bond acceptors (Lipinski definition) is 1. The number of rotatable bonds is 3. The van der Waals surface area contributed by atoms with Gasteiger partial charge in [0.05, 0.1) is 0 Å². The molecule has 2 heteroatoms. The van der Waals surface area contributed by atoms with Crippen molar-refractivity contribution in [3.05, 3.63) is 36.2 Å². The second-order valence-corrected chi connectivity index (χ2v) is 5.01. The molecular formula is C15H19FO. The van der Waals surface area contributed by atoms with E-state index in [4.69, 9.17) is 4.74 Å². The van der Waals surface area contributed by atoms with E-state index >= 15 is 0 Å². The third-order valence-corrected chi connectivity index (χ3v) is 3.46. The molecule has 0 aliphatic heterocycles. The first kappa shape index (κ1) is 12.2. The van der Waals surface area contributed by atoms with Crippen molar-refractivity contribution in [1.82, 2.24) is 0 Å².